The molecule has 1 amide bonds. The molecule has 1 N–H and O–H groups in total. The number of anilines is 1. The van der Waals surface area contributed by atoms with Gasteiger partial charge in [-0.1, -0.05) is 38.3 Å². The summed E-state index contributed by atoms with van der Waals surface area (Å²) in [4.78, 5) is 12.5. The van der Waals surface area contributed by atoms with Crippen molar-refractivity contribution < 1.29 is 9.53 Å². The second-order valence-corrected chi connectivity index (χ2v) is 8.42. The minimum Gasteiger partial charge on any atom is -0.491 e. The van der Waals surface area contributed by atoms with Gasteiger partial charge in [0.25, 0.3) is 5.91 Å². The Morgan fingerprint density at radius 1 is 1.17 bits per heavy atom. The minimum absolute atomic E-state index is 0.0264. The average Bonchev–Trinajstić information content (AvgIpc) is 2.67. The van der Waals surface area contributed by atoms with Crippen molar-refractivity contribution in [2.24, 2.45) is 0 Å². The number of hydrogen-bond donors (Lipinski definition) is 1. The number of unbranched alkanes of at least 4 members (excludes halogenated alkanes) is 3. The van der Waals surface area contributed by atoms with Crippen LogP contribution >= 0.6 is 31.9 Å². The monoisotopic (exact) mass is 518 g/mol. The Labute approximate surface area is 189 Å². The minimum atomic E-state index is -0.443. The van der Waals surface area contributed by atoms with E-state index in [4.69, 9.17) is 4.74 Å². The lowest BCUT2D eigenvalue weighted by molar-refractivity contribution is -0.112. The fourth-order valence-electron chi connectivity index (χ4n) is 2.74. The maximum atomic E-state index is 12.5. The summed E-state index contributed by atoms with van der Waals surface area (Å²) in [6.07, 6.45) is 6.11. The number of benzene rings is 2. The lowest BCUT2D eigenvalue weighted by atomic mass is 10.1. The number of rotatable bonds is 9. The quantitative estimate of drug-likeness (QED) is 0.220. The molecule has 2 aromatic rings. The van der Waals surface area contributed by atoms with Crippen molar-refractivity contribution in [1.82, 2.24) is 0 Å². The molecule has 6 heteroatoms. The Balaban J connectivity index is 2.12. The van der Waals surface area contributed by atoms with E-state index in [9.17, 15) is 10.1 Å². The molecule has 2 rings (SSSR count). The molecule has 0 radical (unpaired) electrons. The van der Waals surface area contributed by atoms with E-state index < -0.39 is 5.91 Å². The van der Waals surface area contributed by atoms with Gasteiger partial charge in [0.05, 0.1) is 15.6 Å². The van der Waals surface area contributed by atoms with Gasteiger partial charge in [-0.15, -0.1) is 0 Å². The van der Waals surface area contributed by atoms with E-state index in [0.717, 1.165) is 38.7 Å². The highest BCUT2D eigenvalue weighted by Gasteiger charge is 2.12. The van der Waals surface area contributed by atoms with Crippen LogP contribution in [-0.4, -0.2) is 12.5 Å². The molecular weight excluding hydrogens is 496 g/mol. The van der Waals surface area contributed by atoms with E-state index >= 15 is 0 Å². The molecule has 4 nitrogen and oxygen atoms in total. The van der Waals surface area contributed by atoms with E-state index in [1.165, 1.54) is 12.8 Å². The zero-order valence-corrected chi connectivity index (χ0v) is 19.8. The molecule has 0 fully saturated rings. The Bertz CT molecular complexity index is 910. The number of nitrogens with one attached hydrogen (secondary N) is 1. The number of amides is 1. The van der Waals surface area contributed by atoms with Gasteiger partial charge in [0.1, 0.15) is 17.4 Å². The highest BCUT2D eigenvalue weighted by Crippen LogP contribution is 2.35. The summed E-state index contributed by atoms with van der Waals surface area (Å²) in [6, 6.07) is 13.1. The first-order valence-corrected chi connectivity index (χ1v) is 11.1. The summed E-state index contributed by atoms with van der Waals surface area (Å²) < 4.78 is 7.42. The molecule has 29 heavy (non-hydrogen) atoms. The maximum Gasteiger partial charge on any atom is 0.266 e. The maximum absolute atomic E-state index is 12.5. The van der Waals surface area contributed by atoms with Crippen LogP contribution in [0.4, 0.5) is 5.69 Å². The van der Waals surface area contributed by atoms with Crippen molar-refractivity contribution in [3.05, 3.63) is 62.0 Å². The molecule has 0 heterocycles. The molecule has 0 saturated carbocycles. The second kappa shape index (κ2) is 11.8. The lowest BCUT2D eigenvalue weighted by Crippen LogP contribution is -2.13. The molecule has 152 valence electrons. The molecule has 0 aliphatic heterocycles. The van der Waals surface area contributed by atoms with Crippen LogP contribution in [0.2, 0.25) is 0 Å². The zero-order valence-electron chi connectivity index (χ0n) is 16.6. The SMILES string of the molecule is CCCCCCOc1c(Br)cc(/C=C(\C#N)C(=O)Nc2cccc(C)c2)cc1Br. The van der Waals surface area contributed by atoms with Gasteiger partial charge in [-0.25, -0.2) is 0 Å². The molecular formula is C23H24Br2N2O2. The van der Waals surface area contributed by atoms with Gasteiger partial charge >= 0.3 is 0 Å². The Morgan fingerprint density at radius 3 is 2.52 bits per heavy atom. The Morgan fingerprint density at radius 2 is 1.90 bits per heavy atom. The smallest absolute Gasteiger partial charge is 0.266 e. The molecule has 0 spiro atoms. The molecule has 0 unspecified atom stereocenters. The van der Waals surface area contributed by atoms with E-state index in [-0.39, 0.29) is 5.57 Å². The first kappa shape index (κ1) is 23.2. The number of hydrogen-bond acceptors (Lipinski definition) is 3. The standard InChI is InChI=1S/C23H24Br2N2O2/c1-3-4-5-6-10-29-22-20(24)13-17(14-21(22)25)12-18(15-26)23(28)27-19-9-7-8-16(2)11-19/h7-9,11-14H,3-6,10H2,1-2H3,(H,27,28)/b18-12+. The topological polar surface area (TPSA) is 62.1 Å². The molecule has 0 atom stereocenters. The normalized spacial score (nSPS) is 11.1. The number of halogens is 2. The van der Waals surface area contributed by atoms with Gasteiger partial charge < -0.3 is 10.1 Å². The van der Waals surface area contributed by atoms with E-state index in [2.05, 4.69) is 44.1 Å². The summed E-state index contributed by atoms with van der Waals surface area (Å²) in [7, 11) is 0. The van der Waals surface area contributed by atoms with Gasteiger partial charge in [0.2, 0.25) is 0 Å². The summed E-state index contributed by atoms with van der Waals surface area (Å²) in [6.45, 7) is 4.77. The van der Waals surface area contributed by atoms with Crippen LogP contribution in [0.1, 0.15) is 43.7 Å². The van der Waals surface area contributed by atoms with Crippen LogP contribution in [0.3, 0.4) is 0 Å². The van der Waals surface area contributed by atoms with Crippen LogP contribution < -0.4 is 10.1 Å². The lowest BCUT2D eigenvalue weighted by Gasteiger charge is -2.11. The van der Waals surface area contributed by atoms with Crippen LogP contribution in [0.5, 0.6) is 5.75 Å². The fourth-order valence-corrected chi connectivity index (χ4v) is 4.19. The number of nitrogens with zero attached hydrogens (tertiary/aromatic N) is 1. The first-order chi connectivity index (χ1) is 13.9. The second-order valence-electron chi connectivity index (χ2n) is 6.72. The van der Waals surface area contributed by atoms with Crippen molar-refractivity contribution >= 4 is 49.5 Å². The summed E-state index contributed by atoms with van der Waals surface area (Å²) in [5.41, 5.74) is 2.44. The number of carbonyl (C=O) groups is 1. The number of aryl methyl sites for hydroxylation is 1. The van der Waals surface area contributed by atoms with Crippen LogP contribution in [0.15, 0.2) is 50.9 Å². The van der Waals surface area contributed by atoms with Gasteiger partial charge in [0.15, 0.2) is 0 Å². The molecule has 0 aliphatic carbocycles. The van der Waals surface area contributed by atoms with Gasteiger partial charge in [-0.3, -0.25) is 4.79 Å². The molecule has 0 aliphatic rings. The summed E-state index contributed by atoms with van der Waals surface area (Å²) in [5, 5.41) is 12.2. The highest BCUT2D eigenvalue weighted by atomic mass is 79.9. The van der Waals surface area contributed by atoms with E-state index in [1.54, 1.807) is 12.1 Å². The third-order valence-electron chi connectivity index (χ3n) is 4.22. The largest absolute Gasteiger partial charge is 0.491 e. The fraction of sp³-hybridized carbons (Fsp3) is 0.304. The Hall–Kier alpha value is -2.10. The van der Waals surface area contributed by atoms with Crippen LogP contribution in [0.25, 0.3) is 6.08 Å². The number of ether oxygens (including phenoxy) is 1. The molecule has 0 aromatic heterocycles. The summed E-state index contributed by atoms with van der Waals surface area (Å²) in [5.74, 6) is 0.281. The predicted octanol–water partition coefficient (Wildman–Crippen LogP) is 7.02. The van der Waals surface area contributed by atoms with Gasteiger partial charge in [-0.05, 0) is 86.7 Å². The van der Waals surface area contributed by atoms with Crippen molar-refractivity contribution in [3.8, 4) is 11.8 Å². The van der Waals surface area contributed by atoms with Crippen molar-refractivity contribution in [1.29, 1.82) is 5.26 Å². The van der Waals surface area contributed by atoms with E-state index in [0.29, 0.717) is 12.3 Å². The van der Waals surface area contributed by atoms with E-state index in [1.807, 2.05) is 43.3 Å². The number of nitriles is 1. The van der Waals surface area contributed by atoms with Crippen LogP contribution in [0, 0.1) is 18.3 Å². The molecule has 2 aromatic carbocycles. The third kappa shape index (κ3) is 7.34. The van der Waals surface area contributed by atoms with Crippen molar-refractivity contribution in [3.63, 3.8) is 0 Å². The zero-order chi connectivity index (χ0) is 21.2. The third-order valence-corrected chi connectivity index (χ3v) is 5.40. The Kier molecular flexibility index (Phi) is 9.43. The predicted molar refractivity (Wildman–Crippen MR) is 125 cm³/mol. The number of carbonyl (C=O) groups excluding carboxylic acids is 1. The van der Waals surface area contributed by atoms with Gasteiger partial charge in [-0.2, -0.15) is 5.26 Å². The van der Waals surface area contributed by atoms with Crippen molar-refractivity contribution in [2.45, 2.75) is 39.5 Å². The average molecular weight is 520 g/mol. The van der Waals surface area contributed by atoms with Gasteiger partial charge in [0, 0.05) is 5.69 Å². The molecule has 0 bridgehead atoms. The summed E-state index contributed by atoms with van der Waals surface area (Å²) >= 11 is 7.05. The molecule has 0 saturated heterocycles. The van der Waals surface area contributed by atoms with Crippen LogP contribution in [-0.2, 0) is 4.79 Å². The first-order valence-electron chi connectivity index (χ1n) is 9.56. The highest BCUT2D eigenvalue weighted by molar-refractivity contribution is 9.11. The van der Waals surface area contributed by atoms with Crippen molar-refractivity contribution in [2.75, 3.05) is 11.9 Å².